The van der Waals surface area contributed by atoms with Crippen LogP contribution in [0.1, 0.15) is 39.7 Å². The summed E-state index contributed by atoms with van der Waals surface area (Å²) in [5, 5.41) is 2.48. The van der Waals surface area contributed by atoms with Gasteiger partial charge in [0.05, 0.1) is 12.2 Å². The van der Waals surface area contributed by atoms with Crippen LogP contribution in [-0.2, 0) is 18.7 Å². The fourth-order valence-electron chi connectivity index (χ4n) is 6.94. The number of esters is 1. The Kier molecular flexibility index (Phi) is 7.77. The molecule has 0 bridgehead atoms. The summed E-state index contributed by atoms with van der Waals surface area (Å²) in [4.78, 5) is 24.8. The molecule has 6 nitrogen and oxygen atoms in total. The maximum Gasteiger partial charge on any atom is 0.414 e. The Morgan fingerprint density at radius 3 is 2.19 bits per heavy atom. The first-order valence-corrected chi connectivity index (χ1v) is 16.9. The lowest BCUT2D eigenvalue weighted by atomic mass is 10.00. The van der Waals surface area contributed by atoms with Gasteiger partial charge in [-0.25, -0.2) is 9.18 Å². The van der Waals surface area contributed by atoms with E-state index in [-0.39, 0.29) is 24.0 Å². The molecular formula is C35H38FNO5Si. The van der Waals surface area contributed by atoms with Gasteiger partial charge < -0.3 is 13.9 Å². The second-order valence-corrected chi connectivity index (χ2v) is 17.2. The van der Waals surface area contributed by atoms with E-state index in [1.165, 1.54) is 28.3 Å². The molecule has 1 heterocycles. The van der Waals surface area contributed by atoms with Crippen molar-refractivity contribution in [1.29, 1.82) is 0 Å². The van der Waals surface area contributed by atoms with E-state index in [9.17, 15) is 9.59 Å². The third-order valence-electron chi connectivity index (χ3n) is 9.11. The molecule has 2 aliphatic carbocycles. The lowest BCUT2D eigenvalue weighted by molar-refractivity contribution is -0.143. The fraction of sp³-hybridized carbons (Fsp3) is 0.371. The van der Waals surface area contributed by atoms with Crippen LogP contribution >= 0.6 is 0 Å². The van der Waals surface area contributed by atoms with E-state index in [2.05, 4.69) is 87.5 Å². The molecule has 0 aromatic heterocycles. The van der Waals surface area contributed by atoms with Crippen molar-refractivity contribution in [2.24, 2.45) is 17.8 Å². The standard InChI is InChI=1S/C35H38FNO5Si/c1-23(38)40-21-26-20-37(34(39)42-26)25-15-16-29(33(36)19-25)24-17-30-31(18-24)32(30)22-41-43(35(2,3)4,27-11-7-5-8-12-27)28-13-9-6-10-14-28/h5-17,19,26,30-32H,18,20-22H2,1-4H3/t26-,30?,31+,32+/m1/s1. The normalized spacial score (nSPS) is 23.0. The van der Waals surface area contributed by atoms with E-state index in [0.717, 1.165) is 12.0 Å². The van der Waals surface area contributed by atoms with Gasteiger partial charge in [0.1, 0.15) is 12.4 Å². The van der Waals surface area contributed by atoms with Crippen LogP contribution in [0, 0.1) is 23.6 Å². The number of fused-ring (bicyclic) bond motifs is 1. The summed E-state index contributed by atoms with van der Waals surface area (Å²) < 4.78 is 32.8. The number of allylic oxidation sites excluding steroid dienone is 2. The third kappa shape index (κ3) is 5.54. The van der Waals surface area contributed by atoms with Crippen LogP contribution < -0.4 is 15.3 Å². The minimum atomic E-state index is -2.60. The van der Waals surface area contributed by atoms with E-state index in [4.69, 9.17) is 13.9 Å². The molecule has 6 rings (SSSR count). The monoisotopic (exact) mass is 599 g/mol. The van der Waals surface area contributed by atoms with Gasteiger partial charge in [0, 0.05) is 19.1 Å². The number of cyclic esters (lactones) is 1. The van der Waals surface area contributed by atoms with Gasteiger partial charge in [0.15, 0.2) is 6.10 Å². The molecule has 0 radical (unpaired) electrons. The summed E-state index contributed by atoms with van der Waals surface area (Å²) in [5.41, 5.74) is 2.01. The highest BCUT2D eigenvalue weighted by molar-refractivity contribution is 6.99. The number of anilines is 1. The molecule has 3 aromatic carbocycles. The fourth-order valence-corrected chi connectivity index (χ4v) is 11.5. The molecule has 1 aliphatic heterocycles. The van der Waals surface area contributed by atoms with Crippen LogP contribution in [0.15, 0.2) is 84.9 Å². The summed E-state index contributed by atoms with van der Waals surface area (Å²) in [6, 6.07) is 26.3. The van der Waals surface area contributed by atoms with Gasteiger partial charge in [-0.3, -0.25) is 9.69 Å². The Balaban J connectivity index is 1.16. The Hall–Kier alpha value is -3.75. The predicted octanol–water partition coefficient (Wildman–Crippen LogP) is 5.94. The molecule has 224 valence electrons. The Morgan fingerprint density at radius 2 is 1.65 bits per heavy atom. The number of carbonyl (C=O) groups is 2. The lowest BCUT2D eigenvalue weighted by Gasteiger charge is -2.43. The Bertz CT molecular complexity index is 1500. The number of ether oxygens (including phenoxy) is 2. The van der Waals surface area contributed by atoms with Crippen LogP contribution in [0.3, 0.4) is 0 Å². The number of rotatable bonds is 9. The highest BCUT2D eigenvalue weighted by atomic mass is 28.4. The molecule has 1 amide bonds. The second-order valence-electron chi connectivity index (χ2n) is 12.9. The summed E-state index contributed by atoms with van der Waals surface area (Å²) in [6.07, 6.45) is 1.88. The first kappa shape index (κ1) is 29.3. The van der Waals surface area contributed by atoms with E-state index < -0.39 is 26.5 Å². The predicted molar refractivity (Wildman–Crippen MR) is 167 cm³/mol. The van der Waals surface area contributed by atoms with Crippen molar-refractivity contribution in [2.45, 2.75) is 45.3 Å². The molecule has 2 fully saturated rings. The zero-order chi connectivity index (χ0) is 30.4. The minimum Gasteiger partial charge on any atom is -0.462 e. The molecule has 3 aliphatic rings. The van der Waals surface area contributed by atoms with Gasteiger partial charge in [-0.2, -0.15) is 0 Å². The van der Waals surface area contributed by atoms with E-state index in [1.807, 2.05) is 0 Å². The number of nitrogens with zero attached hydrogens (tertiary/aromatic N) is 1. The molecule has 43 heavy (non-hydrogen) atoms. The molecule has 8 heteroatoms. The summed E-state index contributed by atoms with van der Waals surface area (Å²) in [6.45, 7) is 9.03. The molecule has 3 aromatic rings. The highest BCUT2D eigenvalue weighted by Gasteiger charge is 2.56. The number of benzene rings is 3. The van der Waals surface area contributed by atoms with Crippen LogP contribution in [-0.4, -0.2) is 46.2 Å². The smallest absolute Gasteiger partial charge is 0.414 e. The van der Waals surface area contributed by atoms with Gasteiger partial charge in [0.25, 0.3) is 8.32 Å². The average molecular weight is 600 g/mol. The van der Waals surface area contributed by atoms with Crippen LogP contribution in [0.4, 0.5) is 14.9 Å². The van der Waals surface area contributed by atoms with Crippen LogP contribution in [0.2, 0.25) is 5.04 Å². The Labute approximate surface area is 253 Å². The zero-order valence-corrected chi connectivity index (χ0v) is 26.1. The number of halogens is 1. The van der Waals surface area contributed by atoms with Crippen molar-refractivity contribution in [3.8, 4) is 0 Å². The Morgan fingerprint density at radius 1 is 1.00 bits per heavy atom. The largest absolute Gasteiger partial charge is 0.462 e. The average Bonchev–Trinajstić information content (AvgIpc) is 3.27. The molecule has 1 unspecified atom stereocenters. The SMILES string of the molecule is CC(=O)OC[C@H]1CN(c2ccc(C3=CC4[C@H](CO[Si](c5ccccc5)(c5ccccc5)C(C)(C)C)[C@H]4C3)c(F)c2)C(=O)O1. The van der Waals surface area contributed by atoms with Crippen molar-refractivity contribution in [3.05, 3.63) is 96.3 Å². The maximum atomic E-state index is 15.4. The van der Waals surface area contributed by atoms with Crippen LogP contribution in [0.25, 0.3) is 5.57 Å². The van der Waals surface area contributed by atoms with Crippen molar-refractivity contribution < 1.29 is 27.9 Å². The quantitative estimate of drug-likeness (QED) is 0.225. The van der Waals surface area contributed by atoms with Gasteiger partial charge in [-0.05, 0) is 63.4 Å². The lowest BCUT2D eigenvalue weighted by Crippen LogP contribution is -2.66. The number of carbonyl (C=O) groups excluding carboxylic acids is 2. The third-order valence-corrected chi connectivity index (χ3v) is 14.1. The number of amides is 1. The first-order valence-electron chi connectivity index (χ1n) is 15.0. The van der Waals surface area contributed by atoms with E-state index in [0.29, 0.717) is 35.6 Å². The van der Waals surface area contributed by atoms with Crippen molar-refractivity contribution in [1.82, 2.24) is 0 Å². The van der Waals surface area contributed by atoms with Gasteiger partial charge in [-0.15, -0.1) is 0 Å². The molecule has 1 saturated heterocycles. The van der Waals surface area contributed by atoms with Gasteiger partial charge >= 0.3 is 12.1 Å². The van der Waals surface area contributed by atoms with Crippen molar-refractivity contribution in [3.63, 3.8) is 0 Å². The summed E-state index contributed by atoms with van der Waals surface area (Å²) in [7, 11) is -2.60. The maximum absolute atomic E-state index is 15.4. The zero-order valence-electron chi connectivity index (χ0n) is 25.1. The number of hydrogen-bond acceptors (Lipinski definition) is 5. The highest BCUT2D eigenvalue weighted by Crippen LogP contribution is 2.58. The molecule has 4 atom stereocenters. The molecule has 0 N–H and O–H groups in total. The topological polar surface area (TPSA) is 65.1 Å². The molecule has 1 saturated carbocycles. The van der Waals surface area contributed by atoms with Crippen molar-refractivity contribution >= 4 is 42.0 Å². The van der Waals surface area contributed by atoms with Crippen LogP contribution in [0.5, 0.6) is 0 Å². The molecule has 0 spiro atoms. The summed E-state index contributed by atoms with van der Waals surface area (Å²) in [5.74, 6) is 0.443. The second kappa shape index (κ2) is 11.4. The molecular weight excluding hydrogens is 561 g/mol. The van der Waals surface area contributed by atoms with E-state index >= 15 is 4.39 Å². The van der Waals surface area contributed by atoms with Gasteiger partial charge in [-0.1, -0.05) is 87.5 Å². The first-order chi connectivity index (χ1) is 20.6. The minimum absolute atomic E-state index is 0.0191. The van der Waals surface area contributed by atoms with E-state index in [1.54, 1.807) is 12.1 Å². The van der Waals surface area contributed by atoms with Crippen molar-refractivity contribution in [2.75, 3.05) is 24.7 Å². The summed E-state index contributed by atoms with van der Waals surface area (Å²) >= 11 is 0. The van der Waals surface area contributed by atoms with Gasteiger partial charge in [0.2, 0.25) is 0 Å². The number of hydrogen-bond donors (Lipinski definition) is 0.